The Bertz CT molecular complexity index is 1230. The lowest BCUT2D eigenvalue weighted by Crippen LogP contribution is -2.35. The Morgan fingerprint density at radius 1 is 1.17 bits per heavy atom. The van der Waals surface area contributed by atoms with Crippen molar-refractivity contribution >= 4 is 34.5 Å². The van der Waals surface area contributed by atoms with Gasteiger partial charge in [0.2, 0.25) is 11.8 Å². The number of thioether (sulfide) groups is 1. The molecule has 9 heteroatoms. The number of hydrogen-bond acceptors (Lipinski definition) is 6. The highest BCUT2D eigenvalue weighted by molar-refractivity contribution is 7.99. The summed E-state index contributed by atoms with van der Waals surface area (Å²) in [5.74, 6) is 1.18. The van der Waals surface area contributed by atoms with Crippen LogP contribution in [-0.4, -0.2) is 33.2 Å². The van der Waals surface area contributed by atoms with Crippen molar-refractivity contribution in [3.05, 3.63) is 58.8 Å². The van der Waals surface area contributed by atoms with Crippen LogP contribution in [0.3, 0.4) is 0 Å². The zero-order valence-electron chi connectivity index (χ0n) is 20.9. The molecular formula is C27H34N4O4S. The van der Waals surface area contributed by atoms with E-state index in [1.165, 1.54) is 11.8 Å². The molecule has 2 heterocycles. The van der Waals surface area contributed by atoms with Gasteiger partial charge in [-0.25, -0.2) is 4.98 Å². The van der Waals surface area contributed by atoms with Crippen LogP contribution in [0.5, 0.6) is 0 Å². The number of para-hydroxylation sites is 1. The van der Waals surface area contributed by atoms with Crippen LogP contribution in [0.2, 0.25) is 0 Å². The number of amides is 2. The summed E-state index contributed by atoms with van der Waals surface area (Å²) in [7, 11) is 0. The first-order chi connectivity index (χ1) is 17.4. The molecule has 1 fully saturated rings. The first-order valence-corrected chi connectivity index (χ1v) is 13.6. The van der Waals surface area contributed by atoms with E-state index in [4.69, 9.17) is 9.40 Å². The van der Waals surface area contributed by atoms with E-state index < -0.39 is 0 Å². The number of carbonyl (C=O) groups is 2. The standard InChI is InChI=1S/C27H34N4O4S/c1-3-18(2)29-24(32)17-36-27-30-23-9-5-4-8-22(23)26(34)31(27)16-19-10-12-20(13-11-19)25(33)28-15-21-7-6-14-35-21/h4-9,14,18-20H,3,10-13,15-17H2,1-2H3,(H,28,33)(H,29,32)/t18-,19?,20?/m0/s1. The Kier molecular flexibility index (Phi) is 8.85. The van der Waals surface area contributed by atoms with E-state index in [2.05, 4.69) is 10.6 Å². The molecule has 1 aromatic carbocycles. The predicted molar refractivity (Wildman–Crippen MR) is 141 cm³/mol. The van der Waals surface area contributed by atoms with Gasteiger partial charge < -0.3 is 15.1 Å². The van der Waals surface area contributed by atoms with Crippen LogP contribution in [0.4, 0.5) is 0 Å². The van der Waals surface area contributed by atoms with Gasteiger partial charge in [0.15, 0.2) is 5.16 Å². The number of carbonyl (C=O) groups excluding carboxylic acids is 2. The second-order valence-corrected chi connectivity index (χ2v) is 10.5. The molecule has 0 radical (unpaired) electrons. The van der Waals surface area contributed by atoms with Crippen molar-refractivity contribution in [3.63, 3.8) is 0 Å². The Balaban J connectivity index is 1.41. The van der Waals surface area contributed by atoms with E-state index in [0.29, 0.717) is 29.1 Å². The van der Waals surface area contributed by atoms with Gasteiger partial charge in [0, 0.05) is 18.5 Å². The molecule has 0 aliphatic heterocycles. The van der Waals surface area contributed by atoms with E-state index in [1.54, 1.807) is 23.0 Å². The van der Waals surface area contributed by atoms with Crippen molar-refractivity contribution in [3.8, 4) is 0 Å². The lowest BCUT2D eigenvalue weighted by atomic mass is 9.81. The predicted octanol–water partition coefficient (Wildman–Crippen LogP) is 4.12. The van der Waals surface area contributed by atoms with Crippen molar-refractivity contribution in [2.75, 3.05) is 5.75 Å². The summed E-state index contributed by atoms with van der Waals surface area (Å²) in [6, 6.07) is 11.1. The third kappa shape index (κ3) is 6.57. The van der Waals surface area contributed by atoms with Gasteiger partial charge in [-0.05, 0) is 69.2 Å². The van der Waals surface area contributed by atoms with Gasteiger partial charge in [0.05, 0.1) is 29.5 Å². The smallest absolute Gasteiger partial charge is 0.262 e. The molecule has 0 spiro atoms. The Hall–Kier alpha value is -3.07. The minimum absolute atomic E-state index is 0.0271. The summed E-state index contributed by atoms with van der Waals surface area (Å²) in [4.78, 5) is 43.1. The number of rotatable bonds is 10. The molecule has 192 valence electrons. The number of benzene rings is 1. The first kappa shape index (κ1) is 26.0. The molecular weight excluding hydrogens is 476 g/mol. The van der Waals surface area contributed by atoms with Gasteiger partial charge in [-0.1, -0.05) is 30.8 Å². The molecule has 0 unspecified atom stereocenters. The van der Waals surface area contributed by atoms with E-state index in [0.717, 1.165) is 37.9 Å². The maximum Gasteiger partial charge on any atom is 0.262 e. The lowest BCUT2D eigenvalue weighted by Gasteiger charge is -2.28. The summed E-state index contributed by atoms with van der Waals surface area (Å²) >= 11 is 1.30. The number of hydrogen-bond donors (Lipinski definition) is 2. The number of furan rings is 1. The average molecular weight is 511 g/mol. The molecule has 36 heavy (non-hydrogen) atoms. The monoisotopic (exact) mass is 510 g/mol. The van der Waals surface area contributed by atoms with E-state index in [1.807, 2.05) is 38.1 Å². The van der Waals surface area contributed by atoms with Crippen LogP contribution >= 0.6 is 11.8 Å². The van der Waals surface area contributed by atoms with Crippen LogP contribution < -0.4 is 16.2 Å². The highest BCUT2D eigenvalue weighted by Gasteiger charge is 2.27. The van der Waals surface area contributed by atoms with Crippen LogP contribution in [0.15, 0.2) is 57.0 Å². The molecule has 2 aromatic heterocycles. The van der Waals surface area contributed by atoms with Gasteiger partial charge in [-0.15, -0.1) is 0 Å². The summed E-state index contributed by atoms with van der Waals surface area (Å²) < 4.78 is 7.01. The zero-order chi connectivity index (χ0) is 25.5. The maximum atomic E-state index is 13.4. The minimum atomic E-state index is -0.0799. The van der Waals surface area contributed by atoms with Gasteiger partial charge >= 0.3 is 0 Å². The highest BCUT2D eigenvalue weighted by Crippen LogP contribution is 2.31. The SMILES string of the molecule is CC[C@H](C)NC(=O)CSc1nc2ccccc2c(=O)n1CC1CCC(C(=O)NCc2ccco2)CC1. The van der Waals surface area contributed by atoms with Crippen LogP contribution in [0.1, 0.15) is 51.7 Å². The topological polar surface area (TPSA) is 106 Å². The Labute approximate surface area is 215 Å². The maximum absolute atomic E-state index is 13.4. The normalized spacial score (nSPS) is 18.6. The fourth-order valence-electron chi connectivity index (χ4n) is 4.56. The summed E-state index contributed by atoms with van der Waals surface area (Å²) in [6.45, 7) is 4.93. The van der Waals surface area contributed by atoms with E-state index in [-0.39, 0.29) is 41.0 Å². The number of nitrogens with one attached hydrogen (secondary N) is 2. The van der Waals surface area contributed by atoms with Gasteiger partial charge in [-0.3, -0.25) is 19.0 Å². The van der Waals surface area contributed by atoms with E-state index in [9.17, 15) is 14.4 Å². The van der Waals surface area contributed by atoms with Crippen molar-refractivity contribution in [2.45, 2.75) is 70.2 Å². The van der Waals surface area contributed by atoms with E-state index >= 15 is 0 Å². The summed E-state index contributed by atoms with van der Waals surface area (Å²) in [5.41, 5.74) is 0.560. The summed E-state index contributed by atoms with van der Waals surface area (Å²) in [5, 5.41) is 7.08. The Morgan fingerprint density at radius 2 is 1.94 bits per heavy atom. The minimum Gasteiger partial charge on any atom is -0.467 e. The Morgan fingerprint density at radius 3 is 2.67 bits per heavy atom. The molecule has 8 nitrogen and oxygen atoms in total. The third-order valence-electron chi connectivity index (χ3n) is 6.85. The first-order valence-electron chi connectivity index (χ1n) is 12.7. The largest absolute Gasteiger partial charge is 0.467 e. The fraction of sp³-hybridized carbons (Fsp3) is 0.481. The van der Waals surface area contributed by atoms with Crippen LogP contribution in [0.25, 0.3) is 10.9 Å². The van der Waals surface area contributed by atoms with Gasteiger partial charge in [-0.2, -0.15) is 0 Å². The van der Waals surface area contributed by atoms with Crippen molar-refractivity contribution < 1.29 is 14.0 Å². The molecule has 2 amide bonds. The van der Waals surface area contributed by atoms with Crippen LogP contribution in [-0.2, 0) is 22.7 Å². The molecule has 1 atom stereocenters. The summed E-state index contributed by atoms with van der Waals surface area (Å²) in [6.07, 6.45) is 5.74. The van der Waals surface area contributed by atoms with Crippen LogP contribution in [0, 0.1) is 11.8 Å². The number of aromatic nitrogens is 2. The molecule has 1 aliphatic rings. The zero-order valence-corrected chi connectivity index (χ0v) is 21.7. The average Bonchev–Trinajstić information content (AvgIpc) is 3.42. The number of fused-ring (bicyclic) bond motifs is 1. The second kappa shape index (κ2) is 12.3. The molecule has 2 N–H and O–H groups in total. The molecule has 1 saturated carbocycles. The van der Waals surface area contributed by atoms with Gasteiger partial charge in [0.1, 0.15) is 5.76 Å². The molecule has 0 bridgehead atoms. The lowest BCUT2D eigenvalue weighted by molar-refractivity contribution is -0.126. The highest BCUT2D eigenvalue weighted by atomic mass is 32.2. The van der Waals surface area contributed by atoms with Crippen molar-refractivity contribution in [1.82, 2.24) is 20.2 Å². The van der Waals surface area contributed by atoms with Crippen molar-refractivity contribution in [2.24, 2.45) is 11.8 Å². The molecule has 3 aromatic rings. The third-order valence-corrected chi connectivity index (χ3v) is 7.83. The van der Waals surface area contributed by atoms with Crippen molar-refractivity contribution in [1.29, 1.82) is 0 Å². The second-order valence-electron chi connectivity index (χ2n) is 9.51. The van der Waals surface area contributed by atoms with Gasteiger partial charge in [0.25, 0.3) is 5.56 Å². The molecule has 4 rings (SSSR count). The molecule has 0 saturated heterocycles. The number of nitrogens with zero attached hydrogens (tertiary/aromatic N) is 2. The quantitative estimate of drug-likeness (QED) is 0.314. The molecule has 1 aliphatic carbocycles. The fourth-order valence-corrected chi connectivity index (χ4v) is 5.38.